The van der Waals surface area contributed by atoms with Gasteiger partial charge < -0.3 is 10.4 Å². The molecule has 0 bridgehead atoms. The van der Waals surface area contributed by atoms with Crippen molar-refractivity contribution in [3.05, 3.63) is 63.6 Å². The van der Waals surface area contributed by atoms with Crippen LogP contribution in [0.2, 0.25) is 10.0 Å². The van der Waals surface area contributed by atoms with Gasteiger partial charge in [0.2, 0.25) is 0 Å². The number of rotatable bonds is 3. The quantitative estimate of drug-likeness (QED) is 0.888. The van der Waals surface area contributed by atoms with Gasteiger partial charge in [0.25, 0.3) is 5.91 Å². The van der Waals surface area contributed by atoms with Crippen molar-refractivity contribution in [1.82, 2.24) is 0 Å². The number of aliphatic hydroxyl groups excluding tert-OH is 1. The smallest absolute Gasteiger partial charge is 0.255 e. The van der Waals surface area contributed by atoms with Crippen molar-refractivity contribution in [2.45, 2.75) is 13.0 Å². The van der Waals surface area contributed by atoms with Crippen molar-refractivity contribution in [1.29, 1.82) is 0 Å². The van der Waals surface area contributed by atoms with E-state index >= 15 is 0 Å². The zero-order chi connectivity index (χ0) is 14.7. The van der Waals surface area contributed by atoms with Crippen LogP contribution in [0.3, 0.4) is 0 Å². The molecule has 2 aromatic rings. The van der Waals surface area contributed by atoms with Gasteiger partial charge in [-0.25, -0.2) is 0 Å². The Bertz CT molecular complexity index is 621. The lowest BCUT2D eigenvalue weighted by Crippen LogP contribution is -2.14. The molecule has 0 aromatic heterocycles. The van der Waals surface area contributed by atoms with Gasteiger partial charge in [0.05, 0.1) is 6.10 Å². The topological polar surface area (TPSA) is 49.3 Å². The number of carbonyl (C=O) groups is 1. The van der Waals surface area contributed by atoms with Crippen LogP contribution >= 0.6 is 23.2 Å². The molecule has 2 aromatic carbocycles. The van der Waals surface area contributed by atoms with Crippen LogP contribution in [0.15, 0.2) is 42.5 Å². The van der Waals surface area contributed by atoms with Gasteiger partial charge in [-0.1, -0.05) is 41.4 Å². The Balaban J connectivity index is 2.28. The Hall–Kier alpha value is -1.55. The minimum atomic E-state index is -0.672. The molecule has 3 nitrogen and oxygen atoms in total. The predicted molar refractivity (Wildman–Crippen MR) is 81.5 cm³/mol. The second kappa shape index (κ2) is 6.27. The maximum absolute atomic E-state index is 12.2. The molecule has 0 heterocycles. The number of benzene rings is 2. The number of nitrogens with one attached hydrogen (secondary N) is 1. The number of aliphatic hydroxyl groups is 1. The molecule has 0 saturated carbocycles. The number of para-hydroxylation sites is 1. The third-order valence-electron chi connectivity index (χ3n) is 2.78. The summed E-state index contributed by atoms with van der Waals surface area (Å²) >= 11 is 11.7. The minimum Gasteiger partial charge on any atom is -0.389 e. The van der Waals surface area contributed by atoms with Gasteiger partial charge in [-0.2, -0.15) is 0 Å². The summed E-state index contributed by atoms with van der Waals surface area (Å²) in [6.07, 6.45) is -0.672. The summed E-state index contributed by atoms with van der Waals surface area (Å²) in [6, 6.07) is 11.7. The van der Waals surface area contributed by atoms with E-state index in [1.165, 1.54) is 12.1 Å². The molecule has 0 radical (unpaired) electrons. The van der Waals surface area contributed by atoms with Crippen LogP contribution in [0.1, 0.15) is 28.9 Å². The van der Waals surface area contributed by atoms with Gasteiger partial charge >= 0.3 is 0 Å². The number of anilines is 1. The molecule has 2 rings (SSSR count). The number of hydrogen-bond donors (Lipinski definition) is 2. The summed E-state index contributed by atoms with van der Waals surface area (Å²) < 4.78 is 0. The normalized spacial score (nSPS) is 12.0. The Labute approximate surface area is 127 Å². The molecular formula is C15H13Cl2NO2. The lowest BCUT2D eigenvalue weighted by Gasteiger charge is -2.13. The van der Waals surface area contributed by atoms with Gasteiger partial charge in [-0.15, -0.1) is 0 Å². The van der Waals surface area contributed by atoms with Crippen LogP contribution in [0.4, 0.5) is 5.69 Å². The number of halogens is 2. The second-order valence-electron chi connectivity index (χ2n) is 4.38. The molecule has 104 valence electrons. The summed E-state index contributed by atoms with van der Waals surface area (Å²) in [5, 5.41) is 13.2. The van der Waals surface area contributed by atoms with Crippen molar-refractivity contribution in [2.75, 3.05) is 5.32 Å². The maximum atomic E-state index is 12.2. The van der Waals surface area contributed by atoms with Gasteiger partial charge in [-0.3, -0.25) is 4.79 Å². The van der Waals surface area contributed by atoms with Crippen molar-refractivity contribution in [2.24, 2.45) is 0 Å². The third kappa shape index (κ3) is 3.51. The first-order valence-corrected chi connectivity index (χ1v) is 6.77. The zero-order valence-electron chi connectivity index (χ0n) is 10.7. The van der Waals surface area contributed by atoms with Gasteiger partial charge in [0.1, 0.15) is 0 Å². The van der Waals surface area contributed by atoms with E-state index in [1.807, 2.05) is 0 Å². The summed E-state index contributed by atoms with van der Waals surface area (Å²) in [5.74, 6) is -0.331. The van der Waals surface area contributed by atoms with Crippen LogP contribution in [0.25, 0.3) is 0 Å². The van der Waals surface area contributed by atoms with Crippen molar-refractivity contribution < 1.29 is 9.90 Å². The van der Waals surface area contributed by atoms with Gasteiger partial charge in [0, 0.05) is 26.9 Å². The number of amides is 1. The first-order valence-electron chi connectivity index (χ1n) is 6.02. The first-order chi connectivity index (χ1) is 9.47. The molecule has 2 N–H and O–H groups in total. The van der Waals surface area contributed by atoms with Crippen LogP contribution < -0.4 is 5.32 Å². The molecule has 0 fully saturated rings. The molecule has 0 aliphatic heterocycles. The highest BCUT2D eigenvalue weighted by Gasteiger charge is 2.12. The largest absolute Gasteiger partial charge is 0.389 e. The molecule has 1 unspecified atom stereocenters. The van der Waals surface area contributed by atoms with Gasteiger partial charge in [-0.05, 0) is 31.2 Å². The summed E-state index contributed by atoms with van der Waals surface area (Å²) in [6.45, 7) is 1.64. The van der Waals surface area contributed by atoms with E-state index in [0.29, 0.717) is 26.9 Å². The van der Waals surface area contributed by atoms with Crippen molar-refractivity contribution in [3.8, 4) is 0 Å². The SMILES string of the molecule is CC(O)c1ccccc1NC(=O)c1cc(Cl)cc(Cl)c1. The van der Waals surface area contributed by atoms with E-state index in [2.05, 4.69) is 5.32 Å². The Kier molecular flexibility index (Phi) is 4.65. The molecule has 1 amide bonds. The summed E-state index contributed by atoms with van der Waals surface area (Å²) in [4.78, 5) is 12.2. The van der Waals surface area contributed by atoms with Crippen LogP contribution in [0, 0.1) is 0 Å². The molecule has 5 heteroatoms. The maximum Gasteiger partial charge on any atom is 0.255 e. The van der Waals surface area contributed by atoms with E-state index < -0.39 is 6.10 Å². The van der Waals surface area contributed by atoms with E-state index in [9.17, 15) is 9.90 Å². The van der Waals surface area contributed by atoms with Crippen molar-refractivity contribution >= 4 is 34.8 Å². The fraction of sp³-hybridized carbons (Fsp3) is 0.133. The summed E-state index contributed by atoms with van der Waals surface area (Å²) in [7, 11) is 0. The van der Waals surface area contributed by atoms with E-state index in [4.69, 9.17) is 23.2 Å². The van der Waals surface area contributed by atoms with E-state index in [1.54, 1.807) is 37.3 Å². The van der Waals surface area contributed by atoms with E-state index in [-0.39, 0.29) is 5.91 Å². The van der Waals surface area contributed by atoms with Crippen LogP contribution in [0.5, 0.6) is 0 Å². The molecule has 20 heavy (non-hydrogen) atoms. The van der Waals surface area contributed by atoms with Crippen LogP contribution in [-0.4, -0.2) is 11.0 Å². The molecular weight excluding hydrogens is 297 g/mol. The average molecular weight is 310 g/mol. The molecule has 0 aliphatic rings. The molecule has 0 spiro atoms. The third-order valence-corrected chi connectivity index (χ3v) is 3.22. The standard InChI is InChI=1S/C15H13Cl2NO2/c1-9(19)13-4-2-3-5-14(13)18-15(20)10-6-11(16)8-12(17)7-10/h2-9,19H,1H3,(H,18,20). The van der Waals surface area contributed by atoms with Crippen LogP contribution in [-0.2, 0) is 0 Å². The fourth-order valence-electron chi connectivity index (χ4n) is 1.85. The highest BCUT2D eigenvalue weighted by molar-refractivity contribution is 6.35. The molecule has 0 aliphatic carbocycles. The fourth-order valence-corrected chi connectivity index (χ4v) is 2.38. The minimum absolute atomic E-state index is 0.331. The van der Waals surface area contributed by atoms with E-state index in [0.717, 1.165) is 0 Å². The van der Waals surface area contributed by atoms with Gasteiger partial charge in [0.15, 0.2) is 0 Å². The first kappa shape index (κ1) is 14.9. The summed E-state index contributed by atoms with van der Waals surface area (Å²) in [5.41, 5.74) is 1.57. The molecule has 1 atom stereocenters. The van der Waals surface area contributed by atoms with Crippen molar-refractivity contribution in [3.63, 3.8) is 0 Å². The highest BCUT2D eigenvalue weighted by Crippen LogP contribution is 2.24. The highest BCUT2D eigenvalue weighted by atomic mass is 35.5. The molecule has 0 saturated heterocycles. The lowest BCUT2D eigenvalue weighted by atomic mass is 10.1. The Morgan fingerprint density at radius 2 is 1.75 bits per heavy atom. The number of hydrogen-bond acceptors (Lipinski definition) is 2. The zero-order valence-corrected chi connectivity index (χ0v) is 12.2. The second-order valence-corrected chi connectivity index (χ2v) is 5.25. The monoisotopic (exact) mass is 309 g/mol. The Morgan fingerprint density at radius 1 is 1.15 bits per heavy atom. The Morgan fingerprint density at radius 3 is 2.35 bits per heavy atom. The predicted octanol–water partition coefficient (Wildman–Crippen LogP) is 4.30. The average Bonchev–Trinajstić information content (AvgIpc) is 2.37. The number of carbonyl (C=O) groups excluding carboxylic acids is 1. The lowest BCUT2D eigenvalue weighted by molar-refractivity contribution is 0.102.